The molecule has 0 radical (unpaired) electrons. The number of halogens is 3. The molecule has 0 saturated carbocycles. The molecule has 0 spiro atoms. The van der Waals surface area contributed by atoms with Crippen LogP contribution in [-0.4, -0.2) is 50.1 Å². The maximum Gasteiger partial charge on any atom is 0.416 e. The van der Waals surface area contributed by atoms with Crippen molar-refractivity contribution in [3.05, 3.63) is 47.7 Å². The summed E-state index contributed by atoms with van der Waals surface area (Å²) in [6.07, 6.45) is -0.704. The summed E-state index contributed by atoms with van der Waals surface area (Å²) in [5, 5.41) is 5.49. The Morgan fingerprint density at radius 1 is 1.11 bits per heavy atom. The fraction of sp³-hybridized carbons (Fsp3) is 0.480. The largest absolute Gasteiger partial charge is 0.416 e. The molecule has 12 heteroatoms. The highest BCUT2D eigenvalue weighted by Crippen LogP contribution is 2.32. The number of carbonyl (C=O) groups excluding carboxylic acids is 2. The van der Waals surface area contributed by atoms with E-state index in [1.807, 2.05) is 25.7 Å². The number of anilines is 2. The van der Waals surface area contributed by atoms with Crippen LogP contribution in [-0.2, 0) is 20.8 Å². The molecule has 1 aromatic heterocycles. The first-order chi connectivity index (χ1) is 17.0. The number of alkyl halides is 3. The second kappa shape index (κ2) is 10.7. The predicted molar refractivity (Wildman–Crippen MR) is 134 cm³/mol. The summed E-state index contributed by atoms with van der Waals surface area (Å²) >= 11 is 0. The number of sulfone groups is 1. The van der Waals surface area contributed by atoms with Gasteiger partial charge in [-0.1, -0.05) is 6.07 Å². The Labute approximate surface area is 214 Å². The summed E-state index contributed by atoms with van der Waals surface area (Å²) in [6.45, 7) is 6.74. The van der Waals surface area contributed by atoms with Crippen molar-refractivity contribution in [1.82, 2.24) is 10.3 Å². The molecule has 2 N–H and O–H groups in total. The molecule has 3 rings (SSSR count). The first-order valence-corrected chi connectivity index (χ1v) is 13.7. The number of aromatic nitrogens is 1. The van der Waals surface area contributed by atoms with E-state index in [0.29, 0.717) is 38.2 Å². The van der Waals surface area contributed by atoms with Crippen LogP contribution in [0.3, 0.4) is 0 Å². The zero-order chi connectivity index (χ0) is 27.6. The lowest BCUT2D eigenvalue weighted by molar-refractivity contribution is -0.137. The van der Waals surface area contributed by atoms with Crippen LogP contribution in [0.15, 0.2) is 41.4 Å². The van der Waals surface area contributed by atoms with Crippen LogP contribution < -0.4 is 15.5 Å². The highest BCUT2D eigenvalue weighted by atomic mass is 32.2. The minimum absolute atomic E-state index is 0.0318. The number of piperidine rings is 1. The van der Waals surface area contributed by atoms with Gasteiger partial charge in [0.05, 0.1) is 16.1 Å². The minimum atomic E-state index is -4.62. The van der Waals surface area contributed by atoms with Crippen molar-refractivity contribution in [1.29, 1.82) is 0 Å². The molecule has 0 bridgehead atoms. The van der Waals surface area contributed by atoms with E-state index in [4.69, 9.17) is 0 Å². The van der Waals surface area contributed by atoms with Gasteiger partial charge < -0.3 is 15.5 Å². The molecule has 1 aliphatic heterocycles. The fourth-order valence-electron chi connectivity index (χ4n) is 4.10. The number of carbonyl (C=O) groups is 2. The molecule has 0 unspecified atom stereocenters. The summed E-state index contributed by atoms with van der Waals surface area (Å²) in [4.78, 5) is 31.2. The molecule has 8 nitrogen and oxygen atoms in total. The van der Waals surface area contributed by atoms with Crippen LogP contribution in [0.4, 0.5) is 24.7 Å². The summed E-state index contributed by atoms with van der Waals surface area (Å²) in [5.41, 5.74) is -1.44. The van der Waals surface area contributed by atoms with Gasteiger partial charge in [0.15, 0.2) is 15.7 Å². The monoisotopic (exact) mass is 540 g/mol. The van der Waals surface area contributed by atoms with E-state index in [1.54, 1.807) is 0 Å². The zero-order valence-corrected chi connectivity index (χ0v) is 22.0. The highest BCUT2D eigenvalue weighted by molar-refractivity contribution is 7.90. The molecular formula is C25H31F3N4O4S. The zero-order valence-electron chi connectivity index (χ0n) is 21.1. The van der Waals surface area contributed by atoms with Crippen LogP contribution in [0, 0.1) is 5.92 Å². The number of benzene rings is 1. The van der Waals surface area contributed by atoms with Crippen LogP contribution in [0.5, 0.6) is 0 Å². The van der Waals surface area contributed by atoms with E-state index >= 15 is 0 Å². The molecule has 1 fully saturated rings. The SMILES string of the molecule is CC(C)(C)NC(=O)CC1CCN(c2ncc(S(C)(=O)=O)cc2NC(=O)c2cccc(C(F)(F)F)c2)CC1. The molecular weight excluding hydrogens is 509 g/mol. The van der Waals surface area contributed by atoms with E-state index in [0.717, 1.165) is 24.5 Å². The Morgan fingerprint density at radius 2 is 1.76 bits per heavy atom. The molecule has 1 aromatic carbocycles. The van der Waals surface area contributed by atoms with Crippen LogP contribution in [0.1, 0.15) is 56.0 Å². The van der Waals surface area contributed by atoms with Crippen LogP contribution in [0.2, 0.25) is 0 Å². The van der Waals surface area contributed by atoms with E-state index < -0.39 is 27.5 Å². The predicted octanol–water partition coefficient (Wildman–Crippen LogP) is 4.28. The quantitative estimate of drug-likeness (QED) is 0.566. The van der Waals surface area contributed by atoms with Gasteiger partial charge in [-0.25, -0.2) is 13.4 Å². The Balaban J connectivity index is 1.81. The van der Waals surface area contributed by atoms with Crippen molar-refractivity contribution in [2.24, 2.45) is 5.92 Å². The summed E-state index contributed by atoms with van der Waals surface area (Å²) in [7, 11) is -3.66. The topological polar surface area (TPSA) is 108 Å². The van der Waals surface area contributed by atoms with Crippen molar-refractivity contribution in [2.75, 3.05) is 29.6 Å². The smallest absolute Gasteiger partial charge is 0.355 e. The van der Waals surface area contributed by atoms with Crippen molar-refractivity contribution in [2.45, 2.75) is 56.6 Å². The van der Waals surface area contributed by atoms with Gasteiger partial charge >= 0.3 is 6.18 Å². The van der Waals surface area contributed by atoms with Gasteiger partial charge in [0.25, 0.3) is 5.91 Å². The fourth-order valence-corrected chi connectivity index (χ4v) is 4.67. The van der Waals surface area contributed by atoms with Crippen LogP contribution >= 0.6 is 0 Å². The Kier molecular flexibility index (Phi) is 8.21. The van der Waals surface area contributed by atoms with Crippen molar-refractivity contribution in [3.8, 4) is 0 Å². The minimum Gasteiger partial charge on any atom is -0.355 e. The van der Waals surface area contributed by atoms with E-state index in [-0.39, 0.29) is 33.5 Å². The molecule has 2 heterocycles. The van der Waals surface area contributed by atoms with Gasteiger partial charge in [0, 0.05) is 43.1 Å². The average molecular weight is 541 g/mol. The second-order valence-corrected chi connectivity index (χ2v) is 12.3. The number of nitrogens with zero attached hydrogens (tertiary/aromatic N) is 2. The highest BCUT2D eigenvalue weighted by Gasteiger charge is 2.31. The van der Waals surface area contributed by atoms with Crippen LogP contribution in [0.25, 0.3) is 0 Å². The first kappa shape index (κ1) is 28.4. The van der Waals surface area contributed by atoms with Crippen molar-refractivity contribution >= 4 is 33.2 Å². The second-order valence-electron chi connectivity index (χ2n) is 10.3. The summed E-state index contributed by atoms with van der Waals surface area (Å²) in [6, 6.07) is 5.22. The third-order valence-electron chi connectivity index (χ3n) is 5.87. The number of rotatable bonds is 6. The van der Waals surface area contributed by atoms with Crippen molar-refractivity contribution in [3.63, 3.8) is 0 Å². The maximum atomic E-state index is 13.1. The number of hydrogen-bond donors (Lipinski definition) is 2. The number of nitrogens with one attached hydrogen (secondary N) is 2. The van der Waals surface area contributed by atoms with E-state index in [9.17, 15) is 31.2 Å². The first-order valence-electron chi connectivity index (χ1n) is 11.8. The van der Waals surface area contributed by atoms with Gasteiger partial charge in [-0.05, 0) is 63.8 Å². The lowest BCUT2D eigenvalue weighted by Crippen LogP contribution is -2.42. The standard InChI is InChI=1S/C25H31F3N4O4S/c1-24(2,3)31-21(33)12-16-8-10-32(11-9-16)22-20(14-19(15-29-22)37(4,35)36)30-23(34)17-6-5-7-18(13-17)25(26,27)28/h5-7,13-16H,8-12H2,1-4H3,(H,30,34)(H,31,33). The molecule has 37 heavy (non-hydrogen) atoms. The number of amides is 2. The summed E-state index contributed by atoms with van der Waals surface area (Å²) < 4.78 is 63.5. The van der Waals surface area contributed by atoms with Gasteiger partial charge in [-0.2, -0.15) is 13.2 Å². The van der Waals surface area contributed by atoms with Crippen molar-refractivity contribution < 1.29 is 31.2 Å². The van der Waals surface area contributed by atoms with Gasteiger partial charge in [0.2, 0.25) is 5.91 Å². The summed E-state index contributed by atoms with van der Waals surface area (Å²) in [5.74, 6) is -0.397. The lowest BCUT2D eigenvalue weighted by Gasteiger charge is -2.34. The molecule has 2 amide bonds. The van der Waals surface area contributed by atoms with Gasteiger partial charge in [-0.15, -0.1) is 0 Å². The Hall–Kier alpha value is -3.15. The van der Waals surface area contributed by atoms with E-state index in [1.165, 1.54) is 18.3 Å². The number of pyridine rings is 1. The molecule has 1 aliphatic rings. The molecule has 1 saturated heterocycles. The third kappa shape index (κ3) is 7.91. The molecule has 2 aromatic rings. The van der Waals surface area contributed by atoms with E-state index in [2.05, 4.69) is 15.6 Å². The average Bonchev–Trinajstić information content (AvgIpc) is 2.77. The molecule has 0 aliphatic carbocycles. The van der Waals surface area contributed by atoms with Gasteiger partial charge in [-0.3, -0.25) is 9.59 Å². The third-order valence-corrected chi connectivity index (χ3v) is 6.95. The lowest BCUT2D eigenvalue weighted by atomic mass is 9.92. The molecule has 0 atom stereocenters. The Morgan fingerprint density at radius 3 is 2.32 bits per heavy atom. The Bertz CT molecular complexity index is 1270. The normalized spacial score (nSPS) is 15.4. The number of hydrogen-bond acceptors (Lipinski definition) is 6. The maximum absolute atomic E-state index is 13.1. The van der Waals surface area contributed by atoms with Gasteiger partial charge in [0.1, 0.15) is 0 Å². The molecule has 202 valence electrons.